The largest absolute Gasteiger partial charge is 0.497 e. The second-order valence-corrected chi connectivity index (χ2v) is 4.82. The molecule has 0 aliphatic rings. The van der Waals surface area contributed by atoms with Crippen molar-refractivity contribution in [2.24, 2.45) is 7.05 Å². The summed E-state index contributed by atoms with van der Waals surface area (Å²) in [5.41, 5.74) is 0.619. The Kier molecular flexibility index (Phi) is 4.98. The van der Waals surface area contributed by atoms with Crippen LogP contribution in [0.4, 0.5) is 0 Å². The van der Waals surface area contributed by atoms with Gasteiger partial charge in [-0.2, -0.15) is 0 Å². The van der Waals surface area contributed by atoms with Gasteiger partial charge in [0.05, 0.1) is 13.7 Å². The highest BCUT2D eigenvalue weighted by molar-refractivity contribution is 5.75. The van der Waals surface area contributed by atoms with Crippen molar-refractivity contribution in [2.45, 2.75) is 19.9 Å². The van der Waals surface area contributed by atoms with Gasteiger partial charge >= 0.3 is 5.69 Å². The second-order valence-electron chi connectivity index (χ2n) is 4.82. The Labute approximate surface area is 128 Å². The highest BCUT2D eigenvalue weighted by Crippen LogP contribution is 2.19. The van der Waals surface area contributed by atoms with Crippen LogP contribution in [0.2, 0.25) is 0 Å². The number of carbonyl (C=O) groups excluding carboxylic acids is 1. The molecule has 22 heavy (non-hydrogen) atoms. The number of methoxy groups -OCH3 is 1. The molecule has 0 atom stereocenters. The minimum Gasteiger partial charge on any atom is -0.497 e. The monoisotopic (exact) mass is 304 g/mol. The average Bonchev–Trinajstić information content (AvgIpc) is 2.83. The highest BCUT2D eigenvalue weighted by Gasteiger charge is 2.12. The molecule has 2 aromatic rings. The average molecular weight is 304 g/mol. The van der Waals surface area contributed by atoms with E-state index in [-0.39, 0.29) is 11.6 Å². The Morgan fingerprint density at radius 2 is 2.00 bits per heavy atom. The molecule has 0 spiro atoms. The Morgan fingerprint density at radius 3 is 2.59 bits per heavy atom. The molecule has 1 heterocycles. The third-order valence-electron chi connectivity index (χ3n) is 3.36. The van der Waals surface area contributed by atoms with Crippen molar-refractivity contribution < 1.29 is 9.53 Å². The summed E-state index contributed by atoms with van der Waals surface area (Å²) in [7, 11) is 3.28. The van der Waals surface area contributed by atoms with E-state index in [9.17, 15) is 9.59 Å². The maximum absolute atomic E-state index is 12.2. The third kappa shape index (κ3) is 3.36. The number of carbonyl (C=O) groups is 1. The molecule has 2 rings (SSSR count). The van der Waals surface area contributed by atoms with Crippen molar-refractivity contribution in [3.05, 3.63) is 34.7 Å². The first-order valence-corrected chi connectivity index (χ1v) is 7.11. The van der Waals surface area contributed by atoms with Crippen LogP contribution in [0.1, 0.15) is 13.3 Å². The van der Waals surface area contributed by atoms with Gasteiger partial charge in [0, 0.05) is 25.6 Å². The van der Waals surface area contributed by atoms with Crippen molar-refractivity contribution in [3.63, 3.8) is 0 Å². The van der Waals surface area contributed by atoms with E-state index >= 15 is 0 Å². The van der Waals surface area contributed by atoms with Crippen LogP contribution in [0.15, 0.2) is 29.1 Å². The van der Waals surface area contributed by atoms with Gasteiger partial charge in [0.1, 0.15) is 5.75 Å². The predicted octanol–water partition coefficient (Wildman–Crippen LogP) is 0.784. The molecule has 1 aromatic heterocycles. The number of rotatable bonds is 6. The van der Waals surface area contributed by atoms with Gasteiger partial charge in [-0.05, 0) is 24.3 Å². The Morgan fingerprint density at radius 1 is 1.32 bits per heavy atom. The number of benzene rings is 1. The molecule has 1 aromatic carbocycles. The summed E-state index contributed by atoms with van der Waals surface area (Å²) in [5, 5.41) is 7.06. The molecule has 7 nitrogen and oxygen atoms in total. The molecule has 118 valence electrons. The van der Waals surface area contributed by atoms with Crippen LogP contribution in [0.3, 0.4) is 0 Å². The van der Waals surface area contributed by atoms with Gasteiger partial charge in [0.2, 0.25) is 5.91 Å². The summed E-state index contributed by atoms with van der Waals surface area (Å²) in [6.07, 6.45) is 0.425. The van der Waals surface area contributed by atoms with E-state index in [1.165, 1.54) is 9.25 Å². The van der Waals surface area contributed by atoms with E-state index < -0.39 is 0 Å². The van der Waals surface area contributed by atoms with E-state index in [0.717, 1.165) is 11.3 Å². The van der Waals surface area contributed by atoms with Crippen LogP contribution in [-0.2, 0) is 18.4 Å². The standard InChI is InChI=1S/C15H20N4O3/c1-4-13(20)16-9-10-19-15(21)18(2)14(17-19)11-5-7-12(22-3)8-6-11/h5-8H,4,9-10H2,1-3H3,(H,16,20). The van der Waals surface area contributed by atoms with E-state index in [0.29, 0.717) is 25.3 Å². The first-order chi connectivity index (χ1) is 10.6. The summed E-state index contributed by atoms with van der Waals surface area (Å²) in [5.74, 6) is 1.28. The first kappa shape index (κ1) is 15.8. The zero-order valence-electron chi connectivity index (χ0n) is 13.0. The van der Waals surface area contributed by atoms with Crippen LogP contribution in [-0.4, -0.2) is 33.9 Å². The number of amides is 1. The fourth-order valence-electron chi connectivity index (χ4n) is 2.05. The van der Waals surface area contributed by atoms with Crippen LogP contribution >= 0.6 is 0 Å². The zero-order chi connectivity index (χ0) is 16.1. The van der Waals surface area contributed by atoms with E-state index in [2.05, 4.69) is 10.4 Å². The molecule has 0 saturated heterocycles. The molecule has 0 saturated carbocycles. The quantitative estimate of drug-likeness (QED) is 0.855. The third-order valence-corrected chi connectivity index (χ3v) is 3.36. The van der Waals surface area contributed by atoms with Crippen LogP contribution < -0.4 is 15.7 Å². The second kappa shape index (κ2) is 6.93. The summed E-state index contributed by atoms with van der Waals surface area (Å²) < 4.78 is 7.96. The van der Waals surface area contributed by atoms with Crippen LogP contribution in [0.25, 0.3) is 11.4 Å². The van der Waals surface area contributed by atoms with Gasteiger partial charge in [0.15, 0.2) is 5.82 Å². The fourth-order valence-corrected chi connectivity index (χ4v) is 2.05. The van der Waals surface area contributed by atoms with Gasteiger partial charge in [0.25, 0.3) is 0 Å². The van der Waals surface area contributed by atoms with Crippen LogP contribution in [0.5, 0.6) is 5.75 Å². The van der Waals surface area contributed by atoms with Gasteiger partial charge in [-0.15, -0.1) is 5.10 Å². The first-order valence-electron chi connectivity index (χ1n) is 7.11. The van der Waals surface area contributed by atoms with E-state index in [1.807, 2.05) is 24.3 Å². The number of aromatic nitrogens is 3. The number of hydrogen-bond donors (Lipinski definition) is 1. The SMILES string of the molecule is CCC(=O)NCCn1nc(-c2ccc(OC)cc2)n(C)c1=O. The lowest BCUT2D eigenvalue weighted by atomic mass is 10.2. The molecular weight excluding hydrogens is 284 g/mol. The molecule has 0 aliphatic carbocycles. The molecule has 7 heteroatoms. The summed E-state index contributed by atoms with van der Waals surface area (Å²) in [6.45, 7) is 2.50. The number of ether oxygens (including phenoxy) is 1. The normalized spacial score (nSPS) is 10.5. The van der Waals surface area contributed by atoms with Crippen molar-refractivity contribution in [1.82, 2.24) is 19.7 Å². The molecule has 1 N–H and O–H groups in total. The van der Waals surface area contributed by atoms with Gasteiger partial charge in [-0.1, -0.05) is 6.92 Å². The van der Waals surface area contributed by atoms with E-state index in [4.69, 9.17) is 4.74 Å². The fraction of sp³-hybridized carbons (Fsp3) is 0.400. The van der Waals surface area contributed by atoms with E-state index in [1.54, 1.807) is 21.1 Å². The smallest absolute Gasteiger partial charge is 0.345 e. The molecule has 0 fully saturated rings. The Hall–Kier alpha value is -2.57. The highest BCUT2D eigenvalue weighted by atomic mass is 16.5. The predicted molar refractivity (Wildman–Crippen MR) is 82.8 cm³/mol. The topological polar surface area (TPSA) is 78.2 Å². The zero-order valence-corrected chi connectivity index (χ0v) is 13.0. The minimum atomic E-state index is -0.212. The number of nitrogens with one attached hydrogen (secondary N) is 1. The van der Waals surface area contributed by atoms with Crippen molar-refractivity contribution in [1.29, 1.82) is 0 Å². The van der Waals surface area contributed by atoms with Crippen LogP contribution in [0, 0.1) is 0 Å². The summed E-state index contributed by atoms with van der Waals surface area (Å²) in [4.78, 5) is 23.4. The maximum atomic E-state index is 12.2. The number of nitrogens with zero attached hydrogens (tertiary/aromatic N) is 3. The Bertz CT molecular complexity index is 701. The molecule has 0 aliphatic heterocycles. The summed E-state index contributed by atoms with van der Waals surface area (Å²) >= 11 is 0. The van der Waals surface area contributed by atoms with Gasteiger partial charge < -0.3 is 10.1 Å². The van der Waals surface area contributed by atoms with Gasteiger partial charge in [-0.3, -0.25) is 9.36 Å². The maximum Gasteiger partial charge on any atom is 0.345 e. The lowest BCUT2D eigenvalue weighted by Crippen LogP contribution is -2.31. The van der Waals surface area contributed by atoms with Crippen molar-refractivity contribution >= 4 is 5.91 Å². The molecular formula is C15H20N4O3. The molecule has 0 unspecified atom stereocenters. The summed E-state index contributed by atoms with van der Waals surface area (Å²) in [6, 6.07) is 7.34. The molecule has 0 bridgehead atoms. The molecule has 0 radical (unpaired) electrons. The van der Waals surface area contributed by atoms with Gasteiger partial charge in [-0.25, -0.2) is 9.48 Å². The molecule has 1 amide bonds. The lowest BCUT2D eigenvalue weighted by Gasteiger charge is -2.02. The lowest BCUT2D eigenvalue weighted by molar-refractivity contribution is -0.120. The van der Waals surface area contributed by atoms with Crippen molar-refractivity contribution in [2.75, 3.05) is 13.7 Å². The Balaban J connectivity index is 2.18. The minimum absolute atomic E-state index is 0.0423. The van der Waals surface area contributed by atoms with Crippen molar-refractivity contribution in [3.8, 4) is 17.1 Å². The number of hydrogen-bond acceptors (Lipinski definition) is 4.